The molecule has 2 aromatic heterocycles. The van der Waals surface area contributed by atoms with E-state index in [1.807, 2.05) is 17.9 Å². The van der Waals surface area contributed by atoms with Gasteiger partial charge in [-0.3, -0.25) is 4.79 Å². The molecule has 2 heterocycles. The van der Waals surface area contributed by atoms with Gasteiger partial charge in [0.2, 0.25) is 0 Å². The van der Waals surface area contributed by atoms with Gasteiger partial charge in [0.25, 0.3) is 5.91 Å². The number of fused-ring (bicyclic) bond motifs is 1. The molecule has 1 amide bonds. The number of nitrogens with two attached hydrogens (primary N) is 1. The summed E-state index contributed by atoms with van der Waals surface area (Å²) in [6.45, 7) is 7.09. The maximum atomic E-state index is 12.9. The second-order valence-electron chi connectivity index (χ2n) is 6.24. The van der Waals surface area contributed by atoms with Crippen molar-refractivity contribution in [1.82, 2.24) is 9.88 Å². The van der Waals surface area contributed by atoms with E-state index in [1.165, 1.54) is 11.3 Å². The maximum Gasteiger partial charge on any atom is 0.266 e. The van der Waals surface area contributed by atoms with Crippen molar-refractivity contribution < 1.29 is 4.79 Å². The number of aryl methyl sites for hydroxylation is 1. The first kappa shape index (κ1) is 14.3. The summed E-state index contributed by atoms with van der Waals surface area (Å²) < 4.78 is 0. The quantitative estimate of drug-likeness (QED) is 0.941. The summed E-state index contributed by atoms with van der Waals surface area (Å²) in [6, 6.07) is 2.34. The Bertz CT molecular complexity index is 688. The second kappa shape index (κ2) is 5.30. The van der Waals surface area contributed by atoms with Crippen LogP contribution >= 0.6 is 11.3 Å². The third-order valence-electron chi connectivity index (χ3n) is 3.84. The molecule has 1 saturated carbocycles. The summed E-state index contributed by atoms with van der Waals surface area (Å²) in [4.78, 5) is 20.8. The zero-order valence-electron chi connectivity index (χ0n) is 12.7. The summed E-state index contributed by atoms with van der Waals surface area (Å²) in [6.07, 6.45) is 4.00. The molecule has 2 N–H and O–H groups in total. The predicted octanol–water partition coefficient (Wildman–Crippen LogP) is 3.45. The summed E-state index contributed by atoms with van der Waals surface area (Å²) in [5.74, 6) is 0.538. The van der Waals surface area contributed by atoms with Crippen LogP contribution in [0, 0.1) is 12.8 Å². The van der Waals surface area contributed by atoms with Gasteiger partial charge in [0.15, 0.2) is 0 Å². The van der Waals surface area contributed by atoms with Gasteiger partial charge in [0.05, 0.1) is 5.69 Å². The van der Waals surface area contributed by atoms with Gasteiger partial charge in [0, 0.05) is 24.2 Å². The van der Waals surface area contributed by atoms with E-state index in [9.17, 15) is 4.79 Å². The molecule has 4 nitrogen and oxygen atoms in total. The smallest absolute Gasteiger partial charge is 0.266 e. The monoisotopic (exact) mass is 303 g/mol. The molecule has 1 aliphatic carbocycles. The van der Waals surface area contributed by atoms with Crippen LogP contribution in [-0.4, -0.2) is 28.4 Å². The molecule has 0 aromatic carbocycles. The standard InChI is InChI=1S/C16H21N3OS/c1-9(2)8-19(11-4-5-11)16(20)14-13(17)12-10(3)6-7-18-15(12)21-14/h6-7,9,11H,4-5,8,17H2,1-3H3. The first-order valence-electron chi connectivity index (χ1n) is 7.43. The Hall–Kier alpha value is -1.62. The highest BCUT2D eigenvalue weighted by molar-refractivity contribution is 7.21. The number of thiophene rings is 1. The molecule has 0 atom stereocenters. The van der Waals surface area contributed by atoms with Crippen LogP contribution in [0.2, 0.25) is 0 Å². The number of pyridine rings is 1. The highest BCUT2D eigenvalue weighted by Crippen LogP contribution is 2.37. The molecule has 1 aliphatic rings. The lowest BCUT2D eigenvalue weighted by Gasteiger charge is -2.24. The second-order valence-corrected chi connectivity index (χ2v) is 7.23. The van der Waals surface area contributed by atoms with Crippen LogP contribution in [0.3, 0.4) is 0 Å². The van der Waals surface area contributed by atoms with Crippen molar-refractivity contribution in [2.45, 2.75) is 39.7 Å². The number of nitrogen functional groups attached to an aromatic ring is 1. The molecule has 2 aromatic rings. The van der Waals surface area contributed by atoms with E-state index in [0.717, 1.165) is 35.2 Å². The number of rotatable bonds is 4. The number of aromatic nitrogens is 1. The molecule has 0 bridgehead atoms. The predicted molar refractivity (Wildman–Crippen MR) is 87.7 cm³/mol. The van der Waals surface area contributed by atoms with Crippen molar-refractivity contribution >= 4 is 33.1 Å². The van der Waals surface area contributed by atoms with E-state index in [-0.39, 0.29) is 5.91 Å². The Labute approximate surface area is 129 Å². The number of hydrogen-bond donors (Lipinski definition) is 1. The first-order valence-corrected chi connectivity index (χ1v) is 8.25. The fourth-order valence-corrected chi connectivity index (χ4v) is 3.77. The molecular formula is C16H21N3OS. The van der Waals surface area contributed by atoms with Gasteiger partial charge < -0.3 is 10.6 Å². The molecule has 21 heavy (non-hydrogen) atoms. The molecule has 0 saturated heterocycles. The Morgan fingerprint density at radius 2 is 2.24 bits per heavy atom. The van der Waals surface area contributed by atoms with Crippen LogP contribution < -0.4 is 5.73 Å². The average Bonchev–Trinajstić information content (AvgIpc) is 3.20. The molecule has 3 rings (SSSR count). The average molecular weight is 303 g/mol. The van der Waals surface area contributed by atoms with Crippen molar-refractivity contribution in [1.29, 1.82) is 0 Å². The van der Waals surface area contributed by atoms with Gasteiger partial charge >= 0.3 is 0 Å². The normalized spacial score (nSPS) is 14.9. The van der Waals surface area contributed by atoms with E-state index in [1.54, 1.807) is 6.20 Å². The van der Waals surface area contributed by atoms with Crippen LogP contribution in [0.25, 0.3) is 10.2 Å². The van der Waals surface area contributed by atoms with Gasteiger partial charge in [-0.15, -0.1) is 11.3 Å². The third kappa shape index (κ3) is 2.62. The topological polar surface area (TPSA) is 59.2 Å². The van der Waals surface area contributed by atoms with E-state index in [0.29, 0.717) is 22.5 Å². The largest absolute Gasteiger partial charge is 0.397 e. The molecule has 0 spiro atoms. The van der Waals surface area contributed by atoms with E-state index in [2.05, 4.69) is 18.8 Å². The highest BCUT2D eigenvalue weighted by Gasteiger charge is 2.35. The Morgan fingerprint density at radius 1 is 1.52 bits per heavy atom. The number of carbonyl (C=O) groups excluding carboxylic acids is 1. The van der Waals surface area contributed by atoms with Gasteiger partial charge in [-0.2, -0.15) is 0 Å². The van der Waals surface area contributed by atoms with Gasteiger partial charge in [-0.1, -0.05) is 13.8 Å². The molecule has 0 radical (unpaired) electrons. The van der Waals surface area contributed by atoms with Crippen molar-refractivity contribution in [2.24, 2.45) is 5.92 Å². The zero-order chi connectivity index (χ0) is 15.1. The van der Waals surface area contributed by atoms with Gasteiger partial charge in [0.1, 0.15) is 9.71 Å². The van der Waals surface area contributed by atoms with Crippen molar-refractivity contribution in [2.75, 3.05) is 12.3 Å². The van der Waals surface area contributed by atoms with Crippen LogP contribution in [0.5, 0.6) is 0 Å². The molecule has 112 valence electrons. The maximum absolute atomic E-state index is 12.9. The van der Waals surface area contributed by atoms with Crippen molar-refractivity contribution in [3.8, 4) is 0 Å². The summed E-state index contributed by atoms with van der Waals surface area (Å²) in [7, 11) is 0. The lowest BCUT2D eigenvalue weighted by molar-refractivity contribution is 0.0728. The van der Waals surface area contributed by atoms with Gasteiger partial charge in [-0.25, -0.2) is 4.98 Å². The zero-order valence-corrected chi connectivity index (χ0v) is 13.5. The van der Waals surface area contributed by atoms with Crippen molar-refractivity contribution in [3.63, 3.8) is 0 Å². The fourth-order valence-electron chi connectivity index (χ4n) is 2.67. The number of carbonyl (C=O) groups is 1. The lowest BCUT2D eigenvalue weighted by atomic mass is 10.1. The molecular weight excluding hydrogens is 282 g/mol. The van der Waals surface area contributed by atoms with Crippen molar-refractivity contribution in [3.05, 3.63) is 22.7 Å². The summed E-state index contributed by atoms with van der Waals surface area (Å²) >= 11 is 1.42. The minimum atomic E-state index is 0.0751. The van der Waals surface area contributed by atoms with Crippen LogP contribution in [0.15, 0.2) is 12.3 Å². The van der Waals surface area contributed by atoms with Crippen LogP contribution in [-0.2, 0) is 0 Å². The summed E-state index contributed by atoms with van der Waals surface area (Å²) in [5.41, 5.74) is 7.93. The van der Waals surface area contributed by atoms with Gasteiger partial charge in [-0.05, 0) is 37.3 Å². The minimum Gasteiger partial charge on any atom is -0.397 e. The van der Waals surface area contributed by atoms with E-state index < -0.39 is 0 Å². The fraction of sp³-hybridized carbons (Fsp3) is 0.500. The summed E-state index contributed by atoms with van der Waals surface area (Å²) in [5, 5.41) is 0.936. The number of amides is 1. The van der Waals surface area contributed by atoms with E-state index in [4.69, 9.17) is 5.73 Å². The lowest BCUT2D eigenvalue weighted by Crippen LogP contribution is -2.36. The van der Waals surface area contributed by atoms with Crippen LogP contribution in [0.4, 0.5) is 5.69 Å². The minimum absolute atomic E-state index is 0.0751. The Morgan fingerprint density at radius 3 is 2.81 bits per heavy atom. The third-order valence-corrected chi connectivity index (χ3v) is 4.94. The molecule has 0 unspecified atom stereocenters. The Balaban J connectivity index is 2.00. The molecule has 5 heteroatoms. The number of hydrogen-bond acceptors (Lipinski definition) is 4. The number of nitrogens with zero attached hydrogens (tertiary/aromatic N) is 2. The van der Waals surface area contributed by atoms with E-state index >= 15 is 0 Å². The SMILES string of the molecule is Cc1ccnc2sc(C(=O)N(CC(C)C)C3CC3)c(N)c12. The van der Waals surface area contributed by atoms with Crippen LogP contribution in [0.1, 0.15) is 41.9 Å². The first-order chi connectivity index (χ1) is 9.99. The molecule has 0 aliphatic heterocycles. The highest BCUT2D eigenvalue weighted by atomic mass is 32.1. The molecule has 1 fully saturated rings. The number of anilines is 1. The Kier molecular flexibility index (Phi) is 3.61.